The fraction of sp³-hybridized carbons (Fsp3) is 0.395. The molecule has 44 heavy (non-hydrogen) atoms. The van der Waals surface area contributed by atoms with Crippen molar-refractivity contribution in [2.45, 2.75) is 78.2 Å². The van der Waals surface area contributed by atoms with Crippen molar-refractivity contribution in [2.24, 2.45) is 10.7 Å². The Morgan fingerprint density at radius 3 is 2.39 bits per heavy atom. The zero-order valence-electron chi connectivity index (χ0n) is 27.0. The van der Waals surface area contributed by atoms with Gasteiger partial charge in [-0.05, 0) is 78.6 Å². The number of amidine groups is 1. The molecule has 6 heteroatoms. The number of hydrogen-bond acceptors (Lipinski definition) is 5. The highest BCUT2D eigenvalue weighted by Crippen LogP contribution is 2.32. The lowest BCUT2D eigenvalue weighted by atomic mass is 9.92. The number of benzene rings is 3. The number of nitrogens with two attached hydrogens (primary N) is 1. The van der Waals surface area contributed by atoms with Crippen LogP contribution in [0.25, 0.3) is 21.9 Å². The molecule has 0 fully saturated rings. The molecule has 4 N–H and O–H groups in total. The van der Waals surface area contributed by atoms with E-state index in [9.17, 15) is 9.59 Å². The Bertz CT molecular complexity index is 1360. The first-order valence-corrected chi connectivity index (χ1v) is 16.0. The first kappa shape index (κ1) is 36.2. The molecule has 0 unspecified atom stereocenters. The second kappa shape index (κ2) is 20.8. The lowest BCUT2D eigenvalue weighted by Gasteiger charge is -2.13. The van der Waals surface area contributed by atoms with Gasteiger partial charge in [-0.15, -0.1) is 13.2 Å². The molecule has 1 amide bonds. The van der Waals surface area contributed by atoms with Gasteiger partial charge in [0.25, 0.3) is 0 Å². The van der Waals surface area contributed by atoms with E-state index in [0.717, 1.165) is 50.0 Å². The van der Waals surface area contributed by atoms with E-state index in [-0.39, 0.29) is 11.9 Å². The SMILES string of the molecule is C=C.CCCCCc1ccc(-c2ccc([C@H](N)CC=O)cc2)c2ccccc12.CCNC(=O)CCCNC1=NCCC(C)=C1. The van der Waals surface area contributed by atoms with Gasteiger partial charge in [0.05, 0.1) is 0 Å². The van der Waals surface area contributed by atoms with Crippen LogP contribution >= 0.6 is 0 Å². The Morgan fingerprint density at radius 1 is 1.00 bits per heavy atom. The van der Waals surface area contributed by atoms with E-state index in [1.165, 1.54) is 52.3 Å². The molecule has 0 saturated carbocycles. The summed E-state index contributed by atoms with van der Waals surface area (Å²) in [5.41, 5.74) is 12.3. The minimum absolute atomic E-state index is 0.126. The Labute approximate surface area is 264 Å². The van der Waals surface area contributed by atoms with Crippen LogP contribution in [0.3, 0.4) is 0 Å². The molecular weight excluding hydrogens is 544 g/mol. The predicted octanol–water partition coefficient (Wildman–Crippen LogP) is 7.87. The van der Waals surface area contributed by atoms with Gasteiger partial charge < -0.3 is 21.2 Å². The molecule has 0 saturated heterocycles. The monoisotopic (exact) mass is 596 g/mol. The summed E-state index contributed by atoms with van der Waals surface area (Å²) in [6.45, 7) is 14.7. The van der Waals surface area contributed by atoms with Crippen molar-refractivity contribution in [1.29, 1.82) is 0 Å². The molecule has 0 aromatic heterocycles. The summed E-state index contributed by atoms with van der Waals surface area (Å²) in [5.74, 6) is 1.08. The molecule has 0 spiro atoms. The molecule has 0 radical (unpaired) electrons. The molecule has 1 aliphatic heterocycles. The molecular formula is C38H52N4O2. The normalized spacial score (nSPS) is 12.8. The Balaban J connectivity index is 0.000000323. The zero-order chi connectivity index (χ0) is 32.2. The average Bonchev–Trinajstić information content (AvgIpc) is 3.05. The topological polar surface area (TPSA) is 96.6 Å². The second-order valence-electron chi connectivity index (χ2n) is 10.9. The molecule has 1 aliphatic rings. The number of nitrogens with one attached hydrogen (secondary N) is 2. The highest BCUT2D eigenvalue weighted by molar-refractivity contribution is 5.98. The highest BCUT2D eigenvalue weighted by Gasteiger charge is 2.10. The van der Waals surface area contributed by atoms with Gasteiger partial charge in [0.15, 0.2) is 0 Å². The first-order chi connectivity index (χ1) is 21.5. The summed E-state index contributed by atoms with van der Waals surface area (Å²) >= 11 is 0. The number of aliphatic imine (C=N–C) groups is 1. The van der Waals surface area contributed by atoms with E-state index < -0.39 is 0 Å². The predicted molar refractivity (Wildman–Crippen MR) is 188 cm³/mol. The van der Waals surface area contributed by atoms with Gasteiger partial charge in [0.1, 0.15) is 12.1 Å². The number of fused-ring (bicyclic) bond motifs is 1. The van der Waals surface area contributed by atoms with Gasteiger partial charge in [0, 0.05) is 38.5 Å². The van der Waals surface area contributed by atoms with Crippen LogP contribution in [0.5, 0.6) is 0 Å². The lowest BCUT2D eigenvalue weighted by molar-refractivity contribution is -0.121. The van der Waals surface area contributed by atoms with Crippen LogP contribution in [-0.4, -0.2) is 37.7 Å². The van der Waals surface area contributed by atoms with Gasteiger partial charge in [0.2, 0.25) is 5.91 Å². The van der Waals surface area contributed by atoms with E-state index in [0.29, 0.717) is 19.4 Å². The lowest BCUT2D eigenvalue weighted by Crippen LogP contribution is -2.27. The van der Waals surface area contributed by atoms with Crippen molar-refractivity contribution in [3.8, 4) is 11.1 Å². The Kier molecular flexibility index (Phi) is 17.1. The zero-order valence-corrected chi connectivity index (χ0v) is 27.0. The number of unbranched alkanes of at least 4 members (excludes halogenated alkanes) is 2. The van der Waals surface area contributed by atoms with Crippen LogP contribution in [0.2, 0.25) is 0 Å². The van der Waals surface area contributed by atoms with Crippen LogP contribution in [-0.2, 0) is 16.0 Å². The summed E-state index contributed by atoms with van der Waals surface area (Å²) in [4.78, 5) is 26.2. The molecule has 6 nitrogen and oxygen atoms in total. The molecule has 0 bridgehead atoms. The van der Waals surface area contributed by atoms with E-state index in [1.54, 1.807) is 0 Å². The number of carbonyl (C=O) groups is 2. The minimum atomic E-state index is -0.223. The van der Waals surface area contributed by atoms with Gasteiger partial charge in [-0.2, -0.15) is 0 Å². The number of aldehydes is 1. The summed E-state index contributed by atoms with van der Waals surface area (Å²) < 4.78 is 0. The van der Waals surface area contributed by atoms with Crippen LogP contribution < -0.4 is 16.4 Å². The van der Waals surface area contributed by atoms with Crippen LogP contribution in [0.1, 0.15) is 82.9 Å². The van der Waals surface area contributed by atoms with E-state index in [4.69, 9.17) is 5.73 Å². The Hall–Kier alpha value is -4.03. The molecule has 4 rings (SSSR count). The molecule has 3 aromatic carbocycles. The van der Waals surface area contributed by atoms with E-state index >= 15 is 0 Å². The van der Waals surface area contributed by atoms with Gasteiger partial charge in [-0.25, -0.2) is 0 Å². The number of carbonyl (C=O) groups excluding carboxylic acids is 2. The fourth-order valence-corrected chi connectivity index (χ4v) is 5.11. The number of rotatable bonds is 13. The summed E-state index contributed by atoms with van der Waals surface area (Å²) in [5, 5.41) is 8.67. The third kappa shape index (κ3) is 11.9. The molecule has 1 heterocycles. The number of nitrogens with zero attached hydrogens (tertiary/aromatic N) is 1. The maximum absolute atomic E-state index is 11.2. The third-order valence-corrected chi connectivity index (χ3v) is 7.50. The summed E-state index contributed by atoms with van der Waals surface area (Å²) in [6.07, 6.45) is 10.7. The molecule has 0 aliphatic carbocycles. The first-order valence-electron chi connectivity index (χ1n) is 16.0. The maximum atomic E-state index is 11.2. The standard InChI is InChI=1S/C24H27NO.C12H21N3O.C2H4/c1-2-3-4-7-18-14-15-22(23-9-6-5-8-21(18)23)19-10-12-20(13-11-19)24(25)16-17-26;1-3-13-12(16)5-4-7-14-11-9-10(2)6-8-15-11;1-2/h5-6,8-15,17,24H,2-4,7,16,25H2,1H3;9H,3-8H2,1-2H3,(H,13,16)(H,14,15);1-2H2/t24-;;/m1../s1. The van der Waals surface area contributed by atoms with Crippen molar-refractivity contribution in [3.05, 3.63) is 96.6 Å². The second-order valence-corrected chi connectivity index (χ2v) is 10.9. The van der Waals surface area contributed by atoms with Crippen LogP contribution in [0.4, 0.5) is 0 Å². The smallest absolute Gasteiger partial charge is 0.220 e. The number of dihydropyridines is 1. The minimum Gasteiger partial charge on any atom is -0.370 e. The fourth-order valence-electron chi connectivity index (χ4n) is 5.11. The molecule has 1 atom stereocenters. The Morgan fingerprint density at radius 2 is 1.73 bits per heavy atom. The number of aryl methyl sites for hydroxylation is 1. The maximum Gasteiger partial charge on any atom is 0.220 e. The molecule has 236 valence electrons. The third-order valence-electron chi connectivity index (χ3n) is 7.50. The number of hydrogen-bond donors (Lipinski definition) is 3. The molecule has 3 aromatic rings. The van der Waals surface area contributed by atoms with E-state index in [1.807, 2.05) is 19.1 Å². The van der Waals surface area contributed by atoms with Gasteiger partial charge in [-0.3, -0.25) is 9.79 Å². The van der Waals surface area contributed by atoms with Crippen molar-refractivity contribution >= 4 is 28.8 Å². The van der Waals surface area contributed by atoms with Crippen molar-refractivity contribution < 1.29 is 9.59 Å². The highest BCUT2D eigenvalue weighted by atomic mass is 16.1. The van der Waals surface area contributed by atoms with Crippen molar-refractivity contribution in [2.75, 3.05) is 19.6 Å². The van der Waals surface area contributed by atoms with Crippen molar-refractivity contribution in [1.82, 2.24) is 10.6 Å². The van der Waals surface area contributed by atoms with Crippen LogP contribution in [0, 0.1) is 0 Å². The number of amides is 1. The van der Waals surface area contributed by atoms with Gasteiger partial charge in [-0.1, -0.05) is 86.0 Å². The van der Waals surface area contributed by atoms with Crippen LogP contribution in [0.15, 0.2) is 90.5 Å². The van der Waals surface area contributed by atoms with E-state index in [2.05, 4.69) is 97.2 Å². The van der Waals surface area contributed by atoms with Gasteiger partial charge >= 0.3 is 0 Å². The van der Waals surface area contributed by atoms with Crippen molar-refractivity contribution in [3.63, 3.8) is 0 Å². The quantitative estimate of drug-likeness (QED) is 0.106. The summed E-state index contributed by atoms with van der Waals surface area (Å²) in [7, 11) is 0. The summed E-state index contributed by atoms with van der Waals surface area (Å²) in [6, 6.07) is 21.3. The average molecular weight is 597 g/mol. The largest absolute Gasteiger partial charge is 0.370 e.